The molecule has 0 aromatic rings. The van der Waals surface area contributed by atoms with Gasteiger partial charge in [0.05, 0.1) is 12.7 Å². The smallest absolute Gasteiger partial charge is 0.0897 e. The predicted octanol–water partition coefficient (Wildman–Crippen LogP) is 0.179. The van der Waals surface area contributed by atoms with E-state index in [2.05, 4.69) is 11.8 Å². The number of hydrogen-bond acceptors (Lipinski definition) is 4. The molecule has 0 amide bonds. The van der Waals surface area contributed by atoms with Crippen LogP contribution < -0.4 is 5.73 Å². The van der Waals surface area contributed by atoms with Crippen LogP contribution in [0.2, 0.25) is 0 Å². The fourth-order valence-electron chi connectivity index (χ4n) is 2.61. The van der Waals surface area contributed by atoms with Gasteiger partial charge in [-0.15, -0.1) is 0 Å². The maximum atomic E-state index is 9.49. The molecule has 4 heteroatoms. The van der Waals surface area contributed by atoms with Crippen LogP contribution in [0.3, 0.4) is 0 Å². The summed E-state index contributed by atoms with van der Waals surface area (Å²) in [5, 5.41) is 18.4. The number of nitrogens with zero attached hydrogens (tertiary/aromatic N) is 1. The third-order valence-corrected chi connectivity index (χ3v) is 4.09. The number of aliphatic hydroxyl groups excluding tert-OH is 2. The summed E-state index contributed by atoms with van der Waals surface area (Å²) in [5.74, 6) is 0.788. The summed E-state index contributed by atoms with van der Waals surface area (Å²) in [5.41, 5.74) is 5.95. The zero-order valence-corrected chi connectivity index (χ0v) is 10.5. The first-order valence-electron chi connectivity index (χ1n) is 6.24. The van der Waals surface area contributed by atoms with Gasteiger partial charge < -0.3 is 15.9 Å². The van der Waals surface area contributed by atoms with E-state index in [1.54, 1.807) is 0 Å². The molecule has 1 fully saturated rings. The minimum absolute atomic E-state index is 0.0304. The van der Waals surface area contributed by atoms with E-state index in [0.717, 1.165) is 18.8 Å². The normalized spacial score (nSPS) is 33.0. The molecule has 1 aliphatic rings. The highest BCUT2D eigenvalue weighted by Gasteiger charge is 2.36. The van der Waals surface area contributed by atoms with Crippen LogP contribution in [0.1, 0.15) is 32.6 Å². The summed E-state index contributed by atoms with van der Waals surface area (Å²) in [4.78, 5) is 2.14. The molecule has 1 rings (SSSR count). The van der Waals surface area contributed by atoms with Crippen molar-refractivity contribution in [3.63, 3.8) is 0 Å². The minimum Gasteiger partial charge on any atom is -0.394 e. The van der Waals surface area contributed by atoms with Crippen LogP contribution in [0.25, 0.3) is 0 Å². The first-order valence-corrected chi connectivity index (χ1v) is 6.24. The van der Waals surface area contributed by atoms with E-state index in [0.29, 0.717) is 13.1 Å². The summed E-state index contributed by atoms with van der Waals surface area (Å²) >= 11 is 0. The zero-order valence-electron chi connectivity index (χ0n) is 10.5. The topological polar surface area (TPSA) is 69.7 Å². The van der Waals surface area contributed by atoms with E-state index >= 15 is 0 Å². The molecule has 0 saturated heterocycles. The van der Waals surface area contributed by atoms with Crippen molar-refractivity contribution >= 4 is 0 Å². The quantitative estimate of drug-likeness (QED) is 0.630. The van der Waals surface area contributed by atoms with Crippen molar-refractivity contribution in [2.24, 2.45) is 11.7 Å². The molecule has 16 heavy (non-hydrogen) atoms. The molecule has 4 nitrogen and oxygen atoms in total. The number of nitrogens with two attached hydrogens (primary N) is 1. The maximum absolute atomic E-state index is 9.49. The molecule has 0 radical (unpaired) electrons. The lowest BCUT2D eigenvalue weighted by molar-refractivity contribution is 0.00655. The Bertz CT molecular complexity index is 203. The molecular formula is C12H26N2O2. The second-order valence-electron chi connectivity index (χ2n) is 5.33. The largest absolute Gasteiger partial charge is 0.394 e. The summed E-state index contributed by atoms with van der Waals surface area (Å²) in [6.07, 6.45) is 3.94. The Kier molecular flexibility index (Phi) is 5.18. The first kappa shape index (κ1) is 13.9. The monoisotopic (exact) mass is 230 g/mol. The Morgan fingerprint density at radius 3 is 2.44 bits per heavy atom. The van der Waals surface area contributed by atoms with Crippen molar-refractivity contribution in [1.29, 1.82) is 0 Å². The third-order valence-electron chi connectivity index (χ3n) is 4.09. The zero-order chi connectivity index (χ0) is 12.2. The van der Waals surface area contributed by atoms with Gasteiger partial charge in [0.25, 0.3) is 0 Å². The van der Waals surface area contributed by atoms with Gasteiger partial charge in [0, 0.05) is 18.6 Å². The van der Waals surface area contributed by atoms with Crippen LogP contribution in [-0.4, -0.2) is 53.5 Å². The van der Waals surface area contributed by atoms with Gasteiger partial charge in [-0.05, 0) is 38.6 Å². The number of likely N-dealkylation sites (N-methyl/N-ethyl adjacent to an activating group) is 1. The third kappa shape index (κ3) is 3.17. The van der Waals surface area contributed by atoms with Crippen molar-refractivity contribution in [3.05, 3.63) is 0 Å². The van der Waals surface area contributed by atoms with Gasteiger partial charge in [-0.1, -0.05) is 6.92 Å². The van der Waals surface area contributed by atoms with Crippen LogP contribution in [0.4, 0.5) is 0 Å². The minimum atomic E-state index is -0.659. The van der Waals surface area contributed by atoms with Gasteiger partial charge in [-0.25, -0.2) is 0 Å². The second-order valence-corrected chi connectivity index (χ2v) is 5.33. The lowest BCUT2D eigenvalue weighted by atomic mass is 9.76. The van der Waals surface area contributed by atoms with Gasteiger partial charge in [0.15, 0.2) is 0 Å². The Balaban J connectivity index is 2.57. The van der Waals surface area contributed by atoms with E-state index < -0.39 is 6.10 Å². The van der Waals surface area contributed by atoms with Gasteiger partial charge >= 0.3 is 0 Å². The van der Waals surface area contributed by atoms with E-state index in [-0.39, 0.29) is 12.1 Å². The highest BCUT2D eigenvalue weighted by Crippen LogP contribution is 2.35. The lowest BCUT2D eigenvalue weighted by Crippen LogP contribution is -2.56. The molecule has 0 bridgehead atoms. The van der Waals surface area contributed by atoms with Gasteiger partial charge in [0.2, 0.25) is 0 Å². The molecule has 96 valence electrons. The Morgan fingerprint density at radius 2 is 2.00 bits per heavy atom. The van der Waals surface area contributed by atoms with Crippen molar-refractivity contribution < 1.29 is 10.2 Å². The second kappa shape index (κ2) is 5.96. The SMILES string of the molecule is CC1CCC(CN)(N(C)CC(O)CO)CC1. The highest BCUT2D eigenvalue weighted by atomic mass is 16.3. The molecule has 0 aromatic carbocycles. The fourth-order valence-corrected chi connectivity index (χ4v) is 2.61. The van der Waals surface area contributed by atoms with Crippen LogP contribution in [-0.2, 0) is 0 Å². The van der Waals surface area contributed by atoms with E-state index in [1.165, 1.54) is 12.8 Å². The number of rotatable bonds is 5. The molecule has 0 aromatic heterocycles. The van der Waals surface area contributed by atoms with Gasteiger partial charge in [-0.2, -0.15) is 0 Å². The van der Waals surface area contributed by atoms with Crippen LogP contribution in [0.5, 0.6) is 0 Å². The first-order chi connectivity index (χ1) is 7.54. The Hall–Kier alpha value is -0.160. The molecule has 1 unspecified atom stereocenters. The average Bonchev–Trinajstić information content (AvgIpc) is 2.30. The van der Waals surface area contributed by atoms with Crippen molar-refractivity contribution in [2.45, 2.75) is 44.2 Å². The molecule has 0 aliphatic heterocycles. The highest BCUT2D eigenvalue weighted by molar-refractivity contribution is 4.94. The maximum Gasteiger partial charge on any atom is 0.0897 e. The van der Waals surface area contributed by atoms with Crippen LogP contribution in [0.15, 0.2) is 0 Å². The van der Waals surface area contributed by atoms with Crippen molar-refractivity contribution in [1.82, 2.24) is 4.90 Å². The molecule has 1 aliphatic carbocycles. The predicted molar refractivity (Wildman–Crippen MR) is 65.1 cm³/mol. The molecule has 4 N–H and O–H groups in total. The summed E-state index contributed by atoms with van der Waals surface area (Å²) in [7, 11) is 2.00. The summed E-state index contributed by atoms with van der Waals surface area (Å²) in [6, 6.07) is 0. The fraction of sp³-hybridized carbons (Fsp3) is 1.00. The molecule has 0 heterocycles. The average molecular weight is 230 g/mol. The van der Waals surface area contributed by atoms with Crippen LogP contribution >= 0.6 is 0 Å². The van der Waals surface area contributed by atoms with E-state index in [1.807, 2.05) is 7.05 Å². The van der Waals surface area contributed by atoms with Gasteiger partial charge in [0.1, 0.15) is 0 Å². The standard InChI is InChI=1S/C12H26N2O2/c1-10-3-5-12(9-13,6-4-10)14(2)7-11(16)8-15/h10-11,15-16H,3-9,13H2,1-2H3. The Morgan fingerprint density at radius 1 is 1.44 bits per heavy atom. The number of hydrogen-bond donors (Lipinski definition) is 3. The molecule has 1 atom stereocenters. The molecule has 1 saturated carbocycles. The van der Waals surface area contributed by atoms with Crippen molar-refractivity contribution in [2.75, 3.05) is 26.7 Å². The van der Waals surface area contributed by atoms with E-state index in [4.69, 9.17) is 10.8 Å². The summed E-state index contributed by atoms with van der Waals surface area (Å²) < 4.78 is 0. The summed E-state index contributed by atoms with van der Waals surface area (Å²) in [6.45, 7) is 3.24. The molecule has 0 spiro atoms. The Labute approximate surface area is 98.4 Å². The van der Waals surface area contributed by atoms with Crippen LogP contribution in [0, 0.1) is 5.92 Å². The lowest BCUT2D eigenvalue weighted by Gasteiger charge is -2.46. The van der Waals surface area contributed by atoms with Crippen molar-refractivity contribution in [3.8, 4) is 0 Å². The molecular weight excluding hydrogens is 204 g/mol. The van der Waals surface area contributed by atoms with Gasteiger partial charge in [-0.3, -0.25) is 4.90 Å². The van der Waals surface area contributed by atoms with E-state index in [9.17, 15) is 5.11 Å². The number of aliphatic hydroxyl groups is 2. The number of β-amino-alcohol motifs (C(OH)–C–C–N with tert-alkyl or cyclic N) is 1.